The van der Waals surface area contributed by atoms with Gasteiger partial charge < -0.3 is 9.47 Å². The van der Waals surface area contributed by atoms with E-state index in [-0.39, 0.29) is 12.3 Å². The van der Waals surface area contributed by atoms with E-state index in [0.717, 1.165) is 24.0 Å². The number of methoxy groups -OCH3 is 1. The zero-order valence-electron chi connectivity index (χ0n) is 19.5. The van der Waals surface area contributed by atoms with Crippen LogP contribution in [0.4, 0.5) is 0 Å². The molecule has 0 radical (unpaired) electrons. The summed E-state index contributed by atoms with van der Waals surface area (Å²) in [7, 11) is 1.51. The summed E-state index contributed by atoms with van der Waals surface area (Å²) in [4.78, 5) is 24.9. The molecule has 3 N–H and O–H groups in total. The Kier molecular flexibility index (Phi) is 8.80. The fourth-order valence-corrected chi connectivity index (χ4v) is 3.48. The van der Waals surface area contributed by atoms with Crippen LogP contribution in [0, 0.1) is 11.7 Å². The highest BCUT2D eigenvalue weighted by atomic mass is 32.1. The van der Waals surface area contributed by atoms with E-state index in [1.54, 1.807) is 22.8 Å². The molecule has 3 rings (SSSR count). The van der Waals surface area contributed by atoms with Crippen LogP contribution in [0.3, 0.4) is 0 Å². The molecule has 34 heavy (non-hydrogen) atoms. The fraction of sp³-hybridized carbons (Fsp3) is 0.333. The van der Waals surface area contributed by atoms with Gasteiger partial charge in [-0.25, -0.2) is 0 Å². The number of amides is 2. The van der Waals surface area contributed by atoms with Crippen molar-refractivity contribution >= 4 is 24.0 Å². The van der Waals surface area contributed by atoms with Gasteiger partial charge in [0, 0.05) is 24.1 Å². The first-order chi connectivity index (χ1) is 16.4. The number of aryl methyl sites for hydroxylation is 1. The Hall–Kier alpha value is -3.66. The zero-order chi connectivity index (χ0) is 24.5. The summed E-state index contributed by atoms with van der Waals surface area (Å²) in [6.45, 7) is 4.95. The van der Waals surface area contributed by atoms with Gasteiger partial charge in [-0.15, -0.1) is 0 Å². The Morgan fingerprint density at radius 2 is 1.97 bits per heavy atom. The molecule has 0 aliphatic heterocycles. The van der Waals surface area contributed by atoms with Crippen molar-refractivity contribution < 1.29 is 19.1 Å². The van der Waals surface area contributed by atoms with Crippen molar-refractivity contribution in [1.29, 1.82) is 0 Å². The largest absolute Gasteiger partial charge is 0.493 e. The second kappa shape index (κ2) is 12.0. The summed E-state index contributed by atoms with van der Waals surface area (Å²) in [5.41, 5.74) is 7.19. The molecule has 0 atom stereocenters. The van der Waals surface area contributed by atoms with E-state index >= 15 is 0 Å². The number of rotatable bonds is 10. The molecular formula is C24H29N5O4S. The van der Waals surface area contributed by atoms with Gasteiger partial charge in [0.1, 0.15) is 0 Å². The van der Waals surface area contributed by atoms with E-state index in [4.69, 9.17) is 21.7 Å². The molecule has 0 fully saturated rings. The minimum absolute atomic E-state index is 0.0977. The van der Waals surface area contributed by atoms with Gasteiger partial charge >= 0.3 is 0 Å². The highest BCUT2D eigenvalue weighted by Crippen LogP contribution is 2.28. The number of nitrogens with one attached hydrogen (secondary N) is 3. The van der Waals surface area contributed by atoms with Crippen LogP contribution in [0.2, 0.25) is 0 Å². The van der Waals surface area contributed by atoms with Crippen LogP contribution in [0.5, 0.6) is 11.5 Å². The van der Waals surface area contributed by atoms with Crippen molar-refractivity contribution in [1.82, 2.24) is 25.6 Å². The SMILES string of the molecule is CCCCOc1ccc(C(=O)NNC(=O)CCn2c(-c3cccc(C)c3)n[nH]c2=S)cc1OC. The molecule has 2 aromatic carbocycles. The van der Waals surface area contributed by atoms with Crippen LogP contribution < -0.4 is 20.3 Å². The van der Waals surface area contributed by atoms with Crippen molar-refractivity contribution in [3.63, 3.8) is 0 Å². The number of aromatic nitrogens is 3. The molecule has 1 aromatic heterocycles. The Balaban J connectivity index is 1.56. The lowest BCUT2D eigenvalue weighted by molar-refractivity contribution is -0.122. The minimum Gasteiger partial charge on any atom is -0.493 e. The summed E-state index contributed by atoms with van der Waals surface area (Å²) in [6.07, 6.45) is 2.04. The van der Waals surface area contributed by atoms with Crippen molar-refractivity contribution in [3.8, 4) is 22.9 Å². The molecule has 0 saturated carbocycles. The molecule has 0 unspecified atom stereocenters. The monoisotopic (exact) mass is 483 g/mol. The maximum atomic E-state index is 12.5. The predicted molar refractivity (Wildman–Crippen MR) is 131 cm³/mol. The molecule has 9 nitrogen and oxygen atoms in total. The summed E-state index contributed by atoms with van der Waals surface area (Å²) in [6, 6.07) is 12.7. The zero-order valence-corrected chi connectivity index (χ0v) is 20.3. The van der Waals surface area contributed by atoms with Crippen molar-refractivity contribution in [3.05, 3.63) is 58.4 Å². The van der Waals surface area contributed by atoms with Crippen LogP contribution in [0.1, 0.15) is 42.1 Å². The quantitative estimate of drug-likeness (QED) is 0.229. The summed E-state index contributed by atoms with van der Waals surface area (Å²) in [5.74, 6) is 0.843. The first-order valence-corrected chi connectivity index (χ1v) is 11.5. The summed E-state index contributed by atoms with van der Waals surface area (Å²) >= 11 is 5.32. The van der Waals surface area contributed by atoms with Gasteiger partial charge in [-0.2, -0.15) is 5.10 Å². The topological polar surface area (TPSA) is 110 Å². The number of nitrogens with zero attached hydrogens (tertiary/aromatic N) is 2. The number of hydrogen-bond acceptors (Lipinski definition) is 6. The maximum absolute atomic E-state index is 12.5. The third kappa shape index (κ3) is 6.44. The molecule has 0 aliphatic carbocycles. The van der Waals surface area contributed by atoms with Crippen LogP contribution in [0.25, 0.3) is 11.4 Å². The molecule has 180 valence electrons. The van der Waals surface area contributed by atoms with Crippen LogP contribution in [0.15, 0.2) is 42.5 Å². The average molecular weight is 484 g/mol. The molecule has 0 bridgehead atoms. The van der Waals surface area contributed by atoms with Gasteiger partial charge in [0.25, 0.3) is 5.91 Å². The molecule has 0 spiro atoms. The Bertz CT molecular complexity index is 1200. The van der Waals surface area contributed by atoms with Crippen molar-refractivity contribution in [2.75, 3.05) is 13.7 Å². The van der Waals surface area contributed by atoms with E-state index in [2.05, 4.69) is 28.0 Å². The number of carbonyl (C=O) groups is 2. The molecule has 2 amide bonds. The number of benzene rings is 2. The highest BCUT2D eigenvalue weighted by Gasteiger charge is 2.14. The highest BCUT2D eigenvalue weighted by molar-refractivity contribution is 7.71. The number of unbranched alkanes of at least 4 members (excludes halogenated alkanes) is 1. The van der Waals surface area contributed by atoms with E-state index in [0.29, 0.717) is 40.8 Å². The molecule has 0 aliphatic rings. The summed E-state index contributed by atoms with van der Waals surface area (Å²) < 4.78 is 13.2. The fourth-order valence-electron chi connectivity index (χ4n) is 3.26. The van der Waals surface area contributed by atoms with Gasteiger partial charge in [0.15, 0.2) is 22.1 Å². The lowest BCUT2D eigenvalue weighted by atomic mass is 10.1. The second-order valence-electron chi connectivity index (χ2n) is 7.69. The average Bonchev–Trinajstić information content (AvgIpc) is 3.21. The number of aromatic amines is 1. The minimum atomic E-state index is -0.466. The van der Waals surface area contributed by atoms with Crippen LogP contribution >= 0.6 is 12.2 Å². The van der Waals surface area contributed by atoms with Gasteiger partial charge in [-0.3, -0.25) is 30.1 Å². The number of carbonyl (C=O) groups excluding carboxylic acids is 2. The number of hydrazine groups is 1. The molecule has 10 heteroatoms. The van der Waals surface area contributed by atoms with Gasteiger partial charge in [-0.05, 0) is 49.8 Å². The Morgan fingerprint density at radius 3 is 2.71 bits per heavy atom. The van der Waals surface area contributed by atoms with Crippen molar-refractivity contribution in [2.45, 2.75) is 39.7 Å². The standard InChI is InChI=1S/C24H29N5O4S/c1-4-5-13-33-19-10-9-18(15-20(19)32-3)23(31)27-25-21(30)11-12-29-22(26-28-24(29)34)17-8-6-7-16(2)14-17/h6-10,14-15H,4-5,11-13H2,1-3H3,(H,25,30)(H,27,31)(H,28,34). The first kappa shape index (κ1) is 25.0. The number of hydrogen-bond donors (Lipinski definition) is 3. The molecule has 1 heterocycles. The van der Waals surface area contributed by atoms with Gasteiger partial charge in [0.05, 0.1) is 13.7 Å². The smallest absolute Gasteiger partial charge is 0.269 e. The van der Waals surface area contributed by atoms with E-state index in [1.807, 2.05) is 31.2 Å². The van der Waals surface area contributed by atoms with E-state index < -0.39 is 5.91 Å². The van der Waals surface area contributed by atoms with Crippen LogP contribution in [-0.4, -0.2) is 40.3 Å². The van der Waals surface area contributed by atoms with Gasteiger partial charge in [0.2, 0.25) is 5.91 Å². The van der Waals surface area contributed by atoms with E-state index in [1.165, 1.54) is 7.11 Å². The first-order valence-electron chi connectivity index (χ1n) is 11.0. The molecule has 3 aromatic rings. The second-order valence-corrected chi connectivity index (χ2v) is 8.08. The van der Waals surface area contributed by atoms with Crippen molar-refractivity contribution in [2.24, 2.45) is 0 Å². The van der Waals surface area contributed by atoms with E-state index in [9.17, 15) is 9.59 Å². The predicted octanol–water partition coefficient (Wildman–Crippen LogP) is 3.95. The lowest BCUT2D eigenvalue weighted by Crippen LogP contribution is -2.41. The van der Waals surface area contributed by atoms with Gasteiger partial charge in [-0.1, -0.05) is 37.1 Å². The number of H-pyrrole nitrogens is 1. The lowest BCUT2D eigenvalue weighted by Gasteiger charge is -2.13. The molecular weight excluding hydrogens is 454 g/mol. The third-order valence-corrected chi connectivity index (χ3v) is 5.41. The molecule has 0 saturated heterocycles. The third-order valence-electron chi connectivity index (χ3n) is 5.09. The summed E-state index contributed by atoms with van der Waals surface area (Å²) in [5, 5.41) is 7.06. The Labute approximate surface area is 203 Å². The number of ether oxygens (including phenoxy) is 2. The Morgan fingerprint density at radius 1 is 1.15 bits per heavy atom. The maximum Gasteiger partial charge on any atom is 0.269 e. The van der Waals surface area contributed by atoms with Crippen LogP contribution in [-0.2, 0) is 11.3 Å². The normalized spacial score (nSPS) is 10.6.